The van der Waals surface area contributed by atoms with E-state index in [1.54, 1.807) is 18.3 Å². The van der Waals surface area contributed by atoms with Crippen LogP contribution in [0.15, 0.2) is 42.6 Å². The molecule has 1 amide bonds. The molecule has 1 aromatic heterocycles. The fourth-order valence-electron chi connectivity index (χ4n) is 3.51. The van der Waals surface area contributed by atoms with Crippen molar-refractivity contribution in [3.05, 3.63) is 59.7 Å². The van der Waals surface area contributed by atoms with Crippen LogP contribution < -0.4 is 20.2 Å². The van der Waals surface area contributed by atoms with Crippen LogP contribution in [0.3, 0.4) is 0 Å². The van der Waals surface area contributed by atoms with Crippen LogP contribution in [0.4, 0.5) is 4.39 Å². The Morgan fingerprint density at radius 1 is 1.23 bits per heavy atom. The van der Waals surface area contributed by atoms with Crippen molar-refractivity contribution in [1.29, 1.82) is 0 Å². The number of nitrogens with zero attached hydrogens (tertiary/aromatic N) is 2. The molecule has 2 atom stereocenters. The molecule has 4 heterocycles. The zero-order chi connectivity index (χ0) is 17.7. The molecule has 132 valence electrons. The van der Waals surface area contributed by atoms with Crippen molar-refractivity contribution in [3.8, 4) is 11.5 Å². The molecule has 1 fully saturated rings. The Balaban J connectivity index is 1.48. The number of hydrazine groups is 1. The Morgan fingerprint density at radius 2 is 2.12 bits per heavy atom. The van der Waals surface area contributed by atoms with Crippen LogP contribution in [0, 0.1) is 5.82 Å². The van der Waals surface area contributed by atoms with Crippen molar-refractivity contribution >= 4 is 11.6 Å². The van der Waals surface area contributed by atoms with Crippen LogP contribution in [0.2, 0.25) is 0 Å². The molecule has 2 unspecified atom stereocenters. The summed E-state index contributed by atoms with van der Waals surface area (Å²) in [5.41, 5.74) is 4.81. The van der Waals surface area contributed by atoms with Crippen LogP contribution in [0.5, 0.6) is 11.5 Å². The Labute approximate surface area is 148 Å². The number of fused-ring (bicyclic) bond motifs is 2. The Hall–Kier alpha value is -3.13. The Kier molecular flexibility index (Phi) is 3.32. The summed E-state index contributed by atoms with van der Waals surface area (Å²) in [7, 11) is 0. The zero-order valence-corrected chi connectivity index (χ0v) is 13.6. The first-order valence-corrected chi connectivity index (χ1v) is 8.26. The number of benzene rings is 1. The molecular weight excluding hydrogens is 339 g/mol. The van der Waals surface area contributed by atoms with E-state index in [0.29, 0.717) is 29.4 Å². The van der Waals surface area contributed by atoms with E-state index in [1.165, 1.54) is 17.2 Å². The van der Waals surface area contributed by atoms with Crippen LogP contribution in [-0.2, 0) is 4.79 Å². The highest BCUT2D eigenvalue weighted by Gasteiger charge is 2.42. The second-order valence-corrected chi connectivity index (χ2v) is 6.26. The molecular formula is C18H15FN4O3. The third-order valence-corrected chi connectivity index (χ3v) is 4.77. The second kappa shape index (κ2) is 5.70. The fourth-order valence-corrected chi connectivity index (χ4v) is 3.51. The highest BCUT2D eigenvalue weighted by Crippen LogP contribution is 2.36. The lowest BCUT2D eigenvalue weighted by molar-refractivity contribution is -0.130. The molecule has 0 bridgehead atoms. The first-order valence-electron chi connectivity index (χ1n) is 8.26. The van der Waals surface area contributed by atoms with Gasteiger partial charge in [0.2, 0.25) is 6.79 Å². The van der Waals surface area contributed by atoms with Crippen LogP contribution in [0.1, 0.15) is 17.2 Å². The molecule has 7 nitrogen and oxygen atoms in total. The monoisotopic (exact) mass is 354 g/mol. The van der Waals surface area contributed by atoms with Gasteiger partial charge in [0, 0.05) is 30.1 Å². The molecule has 8 heteroatoms. The predicted molar refractivity (Wildman–Crippen MR) is 89.3 cm³/mol. The first kappa shape index (κ1) is 15.2. The SMILES string of the molecule is O=C1C=C(c2ccc3c(c2)OCO3)NC2C(c3ncccc3F)CNN12. The molecule has 0 aliphatic carbocycles. The number of ether oxygens (including phenoxy) is 2. The molecule has 1 saturated heterocycles. The van der Waals surface area contributed by atoms with Gasteiger partial charge >= 0.3 is 0 Å². The molecule has 5 rings (SSSR count). The topological polar surface area (TPSA) is 75.7 Å². The first-order chi connectivity index (χ1) is 12.7. The number of nitrogens with one attached hydrogen (secondary N) is 2. The minimum Gasteiger partial charge on any atom is -0.454 e. The highest BCUT2D eigenvalue weighted by molar-refractivity contribution is 5.97. The number of pyridine rings is 1. The van der Waals surface area contributed by atoms with E-state index in [1.807, 2.05) is 12.1 Å². The summed E-state index contributed by atoms with van der Waals surface area (Å²) >= 11 is 0. The highest BCUT2D eigenvalue weighted by atomic mass is 19.1. The largest absolute Gasteiger partial charge is 0.454 e. The Morgan fingerprint density at radius 3 is 3.00 bits per heavy atom. The van der Waals surface area contributed by atoms with Gasteiger partial charge in [-0.05, 0) is 30.3 Å². The van der Waals surface area contributed by atoms with Crippen molar-refractivity contribution in [1.82, 2.24) is 20.7 Å². The Bertz CT molecular complexity index is 932. The quantitative estimate of drug-likeness (QED) is 0.848. The van der Waals surface area contributed by atoms with Crippen molar-refractivity contribution in [2.24, 2.45) is 0 Å². The molecule has 1 aromatic carbocycles. The summed E-state index contributed by atoms with van der Waals surface area (Å²) in [4.78, 5) is 16.7. The number of halogens is 1. The molecule has 0 saturated carbocycles. The summed E-state index contributed by atoms with van der Waals surface area (Å²) in [5, 5.41) is 4.81. The minimum absolute atomic E-state index is 0.186. The molecule has 3 aliphatic heterocycles. The maximum atomic E-state index is 14.2. The van der Waals surface area contributed by atoms with Crippen molar-refractivity contribution in [2.75, 3.05) is 13.3 Å². The van der Waals surface area contributed by atoms with E-state index in [9.17, 15) is 9.18 Å². The standard InChI is InChI=1S/C18H15FN4O3/c19-12-2-1-5-20-17(12)11-8-21-23-16(24)7-13(22-18(11)23)10-3-4-14-15(6-10)26-9-25-14/h1-7,11,18,21-22H,8-9H2. The van der Waals surface area contributed by atoms with Gasteiger partial charge in [-0.3, -0.25) is 14.8 Å². The zero-order valence-electron chi connectivity index (χ0n) is 13.6. The maximum absolute atomic E-state index is 14.2. The molecule has 26 heavy (non-hydrogen) atoms. The maximum Gasteiger partial charge on any atom is 0.264 e. The molecule has 2 N–H and O–H groups in total. The number of rotatable bonds is 2. The normalized spacial score (nSPS) is 23.5. The van der Waals surface area contributed by atoms with Gasteiger partial charge in [-0.2, -0.15) is 0 Å². The summed E-state index contributed by atoms with van der Waals surface area (Å²) in [6.07, 6.45) is 2.63. The third-order valence-electron chi connectivity index (χ3n) is 4.77. The average molecular weight is 354 g/mol. The second-order valence-electron chi connectivity index (χ2n) is 6.26. The van der Waals surface area contributed by atoms with E-state index >= 15 is 0 Å². The average Bonchev–Trinajstić information content (AvgIpc) is 3.28. The van der Waals surface area contributed by atoms with Gasteiger partial charge in [0.1, 0.15) is 12.0 Å². The van der Waals surface area contributed by atoms with Crippen molar-refractivity contribution in [2.45, 2.75) is 12.1 Å². The summed E-state index contributed by atoms with van der Waals surface area (Å²) in [5.74, 6) is 0.429. The summed E-state index contributed by atoms with van der Waals surface area (Å²) < 4.78 is 24.9. The van der Waals surface area contributed by atoms with Crippen LogP contribution >= 0.6 is 0 Å². The molecule has 0 spiro atoms. The van der Waals surface area contributed by atoms with Crippen LogP contribution in [-0.4, -0.2) is 35.4 Å². The van der Waals surface area contributed by atoms with Crippen LogP contribution in [0.25, 0.3) is 5.70 Å². The lowest BCUT2D eigenvalue weighted by atomic mass is 9.99. The number of amides is 1. The van der Waals surface area contributed by atoms with Crippen molar-refractivity contribution < 1.29 is 18.7 Å². The number of hydrogen-bond donors (Lipinski definition) is 2. The molecule has 2 aromatic rings. The van der Waals surface area contributed by atoms with Gasteiger partial charge in [0.25, 0.3) is 5.91 Å². The summed E-state index contributed by atoms with van der Waals surface area (Å²) in [6, 6.07) is 8.41. The number of aromatic nitrogens is 1. The van der Waals surface area contributed by atoms with E-state index < -0.39 is 6.17 Å². The lowest BCUT2D eigenvalue weighted by Crippen LogP contribution is -2.52. The fraction of sp³-hybridized carbons (Fsp3) is 0.222. The van der Waals surface area contributed by atoms with Gasteiger partial charge in [-0.15, -0.1) is 0 Å². The lowest BCUT2D eigenvalue weighted by Gasteiger charge is -2.33. The number of carbonyl (C=O) groups excluding carboxylic acids is 1. The minimum atomic E-state index is -0.433. The van der Waals surface area contributed by atoms with Gasteiger partial charge in [-0.1, -0.05) is 0 Å². The van der Waals surface area contributed by atoms with Gasteiger partial charge < -0.3 is 14.8 Å². The number of hydrogen-bond acceptors (Lipinski definition) is 6. The smallest absolute Gasteiger partial charge is 0.264 e. The summed E-state index contributed by atoms with van der Waals surface area (Å²) in [6.45, 7) is 0.602. The van der Waals surface area contributed by atoms with Crippen molar-refractivity contribution in [3.63, 3.8) is 0 Å². The molecule has 3 aliphatic rings. The van der Waals surface area contributed by atoms with E-state index in [-0.39, 0.29) is 24.4 Å². The van der Waals surface area contributed by atoms with Gasteiger partial charge in [-0.25, -0.2) is 9.82 Å². The van der Waals surface area contributed by atoms with E-state index in [4.69, 9.17) is 9.47 Å². The van der Waals surface area contributed by atoms with Gasteiger partial charge in [0.05, 0.1) is 11.6 Å². The number of carbonyl (C=O) groups is 1. The predicted octanol–water partition coefficient (Wildman–Crippen LogP) is 1.35. The van der Waals surface area contributed by atoms with Gasteiger partial charge in [0.15, 0.2) is 11.5 Å². The van der Waals surface area contributed by atoms with E-state index in [0.717, 1.165) is 5.56 Å². The third kappa shape index (κ3) is 2.30. The molecule has 0 radical (unpaired) electrons. The van der Waals surface area contributed by atoms with E-state index in [2.05, 4.69) is 15.7 Å².